The van der Waals surface area contributed by atoms with E-state index < -0.39 is 0 Å². The number of benzene rings is 2. The summed E-state index contributed by atoms with van der Waals surface area (Å²) in [6.45, 7) is 4.37. The third kappa shape index (κ3) is 3.65. The summed E-state index contributed by atoms with van der Waals surface area (Å²) in [5.74, 6) is -0.271. The van der Waals surface area contributed by atoms with Gasteiger partial charge < -0.3 is 5.73 Å². The fourth-order valence-corrected chi connectivity index (χ4v) is 2.96. The number of carbonyl (C=O) groups is 1. The molecule has 0 aliphatic rings. The van der Waals surface area contributed by atoms with Crippen molar-refractivity contribution in [2.24, 2.45) is 5.73 Å². The molecule has 26 heavy (non-hydrogen) atoms. The van der Waals surface area contributed by atoms with Gasteiger partial charge in [-0.2, -0.15) is 0 Å². The normalized spacial score (nSPS) is 10.5. The molecular weight excluding hydrogens is 344 g/mol. The molecule has 5 nitrogen and oxygen atoms in total. The highest BCUT2D eigenvalue weighted by molar-refractivity contribution is 7.80. The number of hydrogen-bond donors (Lipinski definition) is 2. The van der Waals surface area contributed by atoms with Crippen LogP contribution in [0.2, 0.25) is 0 Å². The molecule has 3 N–H and O–H groups in total. The van der Waals surface area contributed by atoms with Crippen LogP contribution in [0, 0.1) is 6.92 Å². The van der Waals surface area contributed by atoms with Crippen molar-refractivity contribution in [1.82, 2.24) is 15.4 Å². The minimum Gasteiger partial charge on any atom is -0.375 e. The molecule has 0 fully saturated rings. The van der Waals surface area contributed by atoms with E-state index in [9.17, 15) is 4.79 Å². The van der Waals surface area contributed by atoms with E-state index in [4.69, 9.17) is 22.9 Å². The topological polar surface area (TPSA) is 71.2 Å². The lowest BCUT2D eigenvalue weighted by Crippen LogP contribution is -2.48. The van der Waals surface area contributed by atoms with Crippen molar-refractivity contribution in [3.05, 3.63) is 65.7 Å². The van der Waals surface area contributed by atoms with Crippen LogP contribution in [0.25, 0.3) is 22.2 Å². The fourth-order valence-electron chi connectivity index (χ4n) is 2.79. The van der Waals surface area contributed by atoms with Gasteiger partial charge in [0.25, 0.3) is 5.91 Å². The zero-order valence-corrected chi connectivity index (χ0v) is 15.5. The van der Waals surface area contributed by atoms with Gasteiger partial charge in [-0.05, 0) is 44.3 Å². The van der Waals surface area contributed by atoms with Gasteiger partial charge >= 0.3 is 0 Å². The van der Waals surface area contributed by atoms with E-state index in [0.717, 1.165) is 27.7 Å². The maximum absolute atomic E-state index is 12.9. The van der Waals surface area contributed by atoms with E-state index in [1.165, 1.54) is 5.01 Å². The molecule has 0 aliphatic carbocycles. The monoisotopic (exact) mass is 364 g/mol. The van der Waals surface area contributed by atoms with Crippen LogP contribution >= 0.6 is 12.2 Å². The van der Waals surface area contributed by atoms with Crippen LogP contribution < -0.4 is 11.2 Å². The number of fused-ring (bicyclic) bond motifs is 1. The lowest BCUT2D eigenvalue weighted by Gasteiger charge is -2.22. The third-order valence-electron chi connectivity index (χ3n) is 4.09. The average molecular weight is 364 g/mol. The summed E-state index contributed by atoms with van der Waals surface area (Å²) in [4.78, 5) is 17.6. The SMILES string of the molecule is CCN(NC(=O)c1cc(-c2cccc(C)c2)nc2ccccc12)C(N)=S. The first kappa shape index (κ1) is 17.8. The van der Waals surface area contributed by atoms with Crippen molar-refractivity contribution in [3.63, 3.8) is 0 Å². The molecule has 0 unspecified atom stereocenters. The Kier molecular flexibility index (Phi) is 5.14. The number of amides is 1. The summed E-state index contributed by atoms with van der Waals surface area (Å²) < 4.78 is 0. The Morgan fingerprint density at radius 2 is 1.96 bits per heavy atom. The molecule has 0 saturated heterocycles. The van der Waals surface area contributed by atoms with Gasteiger partial charge in [0, 0.05) is 17.5 Å². The highest BCUT2D eigenvalue weighted by Crippen LogP contribution is 2.25. The van der Waals surface area contributed by atoms with Crippen molar-refractivity contribution in [2.75, 3.05) is 6.54 Å². The van der Waals surface area contributed by atoms with E-state index in [0.29, 0.717) is 12.1 Å². The number of nitrogens with one attached hydrogen (secondary N) is 1. The largest absolute Gasteiger partial charge is 0.375 e. The maximum Gasteiger partial charge on any atom is 0.270 e. The van der Waals surface area contributed by atoms with Gasteiger partial charge in [0.2, 0.25) is 0 Å². The van der Waals surface area contributed by atoms with E-state index >= 15 is 0 Å². The molecule has 3 aromatic rings. The van der Waals surface area contributed by atoms with Crippen LogP contribution in [0.5, 0.6) is 0 Å². The molecule has 0 radical (unpaired) electrons. The van der Waals surface area contributed by atoms with Gasteiger partial charge in [0.15, 0.2) is 5.11 Å². The Balaban J connectivity index is 2.11. The molecular formula is C20H20N4OS. The number of nitrogens with zero attached hydrogens (tertiary/aromatic N) is 2. The standard InChI is InChI=1S/C20H20N4OS/c1-3-24(20(21)26)23-19(25)16-12-18(14-8-6-7-13(2)11-14)22-17-10-5-4-9-15(16)17/h4-12H,3H2,1-2H3,(H2,21,26)(H,23,25). The van der Waals surface area contributed by atoms with Gasteiger partial charge in [0.1, 0.15) is 0 Å². The van der Waals surface area contributed by atoms with E-state index in [1.807, 2.05) is 62.4 Å². The first-order chi connectivity index (χ1) is 12.5. The molecule has 0 atom stereocenters. The average Bonchev–Trinajstić information content (AvgIpc) is 2.64. The van der Waals surface area contributed by atoms with Gasteiger partial charge in [-0.3, -0.25) is 15.2 Å². The number of hydrazine groups is 1. The minimum atomic E-state index is -0.271. The Bertz CT molecular complexity index is 986. The van der Waals surface area contributed by atoms with Crippen LogP contribution in [0.15, 0.2) is 54.6 Å². The number of aryl methyl sites for hydroxylation is 1. The number of para-hydroxylation sites is 1. The molecule has 0 saturated carbocycles. The number of carbonyl (C=O) groups excluding carboxylic acids is 1. The van der Waals surface area contributed by atoms with E-state index in [2.05, 4.69) is 5.43 Å². The Morgan fingerprint density at radius 1 is 1.19 bits per heavy atom. The molecule has 6 heteroatoms. The summed E-state index contributed by atoms with van der Waals surface area (Å²) in [7, 11) is 0. The van der Waals surface area contributed by atoms with Gasteiger partial charge in [-0.1, -0.05) is 42.0 Å². The fraction of sp³-hybridized carbons (Fsp3) is 0.150. The van der Waals surface area contributed by atoms with Crippen LogP contribution in [0.3, 0.4) is 0 Å². The number of aromatic nitrogens is 1. The Labute approximate surface area is 157 Å². The van der Waals surface area contributed by atoms with Gasteiger partial charge in [-0.25, -0.2) is 4.98 Å². The predicted octanol–water partition coefficient (Wildman–Crippen LogP) is 3.42. The number of nitrogens with two attached hydrogens (primary N) is 1. The van der Waals surface area contributed by atoms with Crippen LogP contribution in [0.1, 0.15) is 22.8 Å². The summed E-state index contributed by atoms with van der Waals surface area (Å²) in [6, 6.07) is 17.4. The second-order valence-corrected chi connectivity index (χ2v) is 6.38. The predicted molar refractivity (Wildman–Crippen MR) is 109 cm³/mol. The number of pyridine rings is 1. The summed E-state index contributed by atoms with van der Waals surface area (Å²) in [6.07, 6.45) is 0. The van der Waals surface area contributed by atoms with Crippen molar-refractivity contribution >= 4 is 34.1 Å². The van der Waals surface area contributed by atoms with Crippen molar-refractivity contribution in [3.8, 4) is 11.3 Å². The lowest BCUT2D eigenvalue weighted by atomic mass is 10.0. The summed E-state index contributed by atoms with van der Waals surface area (Å²) in [5, 5.41) is 2.35. The van der Waals surface area contributed by atoms with Crippen molar-refractivity contribution < 1.29 is 4.79 Å². The second-order valence-electron chi connectivity index (χ2n) is 5.97. The number of thiocarbonyl (C=S) groups is 1. The number of rotatable bonds is 3. The Morgan fingerprint density at radius 3 is 2.65 bits per heavy atom. The van der Waals surface area contributed by atoms with E-state index in [-0.39, 0.29) is 11.0 Å². The van der Waals surface area contributed by atoms with Crippen LogP contribution in [-0.4, -0.2) is 27.6 Å². The summed E-state index contributed by atoms with van der Waals surface area (Å²) in [5.41, 5.74) is 12.6. The molecule has 132 valence electrons. The van der Waals surface area contributed by atoms with Crippen LogP contribution in [-0.2, 0) is 0 Å². The zero-order valence-electron chi connectivity index (χ0n) is 14.7. The lowest BCUT2D eigenvalue weighted by molar-refractivity contribution is 0.0876. The molecule has 1 heterocycles. The third-order valence-corrected chi connectivity index (χ3v) is 4.31. The highest BCUT2D eigenvalue weighted by atomic mass is 32.1. The number of hydrogen-bond acceptors (Lipinski definition) is 3. The minimum absolute atomic E-state index is 0.123. The molecule has 1 aromatic heterocycles. The zero-order chi connectivity index (χ0) is 18.7. The highest BCUT2D eigenvalue weighted by Gasteiger charge is 2.16. The maximum atomic E-state index is 12.9. The molecule has 0 aliphatic heterocycles. The first-order valence-corrected chi connectivity index (χ1v) is 8.75. The molecule has 0 bridgehead atoms. The smallest absolute Gasteiger partial charge is 0.270 e. The van der Waals surface area contributed by atoms with Crippen molar-refractivity contribution in [2.45, 2.75) is 13.8 Å². The van der Waals surface area contributed by atoms with Crippen LogP contribution in [0.4, 0.5) is 0 Å². The first-order valence-electron chi connectivity index (χ1n) is 8.34. The molecule has 2 aromatic carbocycles. The second kappa shape index (κ2) is 7.49. The molecule has 3 rings (SSSR count). The Hall–Kier alpha value is -2.99. The van der Waals surface area contributed by atoms with E-state index in [1.54, 1.807) is 6.07 Å². The molecule has 0 spiro atoms. The quantitative estimate of drug-likeness (QED) is 0.550. The van der Waals surface area contributed by atoms with Gasteiger partial charge in [0.05, 0.1) is 16.8 Å². The molecule has 1 amide bonds. The van der Waals surface area contributed by atoms with Gasteiger partial charge in [-0.15, -0.1) is 0 Å². The summed E-state index contributed by atoms with van der Waals surface area (Å²) >= 11 is 4.97. The van der Waals surface area contributed by atoms with Crippen molar-refractivity contribution in [1.29, 1.82) is 0 Å².